The molecule has 1 aliphatic rings. The van der Waals surface area contributed by atoms with Gasteiger partial charge in [0.15, 0.2) is 0 Å². The van der Waals surface area contributed by atoms with Crippen LogP contribution in [0.15, 0.2) is 48.5 Å². The molecule has 2 aromatic carbocycles. The second-order valence-corrected chi connectivity index (χ2v) is 5.85. The molecular weight excluding hydrogens is 291 g/mol. The molecule has 0 spiro atoms. The highest BCUT2D eigenvalue weighted by Gasteiger charge is 2.11. The van der Waals surface area contributed by atoms with Crippen molar-refractivity contribution in [2.45, 2.75) is 6.42 Å². The zero-order valence-electron chi connectivity index (χ0n) is 13.3. The van der Waals surface area contributed by atoms with Crippen molar-refractivity contribution in [2.75, 3.05) is 39.3 Å². The molecule has 0 radical (unpaired) electrons. The molecule has 1 heterocycles. The van der Waals surface area contributed by atoms with Gasteiger partial charge in [-0.25, -0.2) is 4.39 Å². The Morgan fingerprint density at radius 3 is 2.61 bits per heavy atom. The predicted molar refractivity (Wildman–Crippen MR) is 90.5 cm³/mol. The number of rotatable bonds is 6. The second kappa shape index (κ2) is 8.09. The van der Waals surface area contributed by atoms with Crippen LogP contribution in [0.3, 0.4) is 0 Å². The van der Waals surface area contributed by atoms with Crippen molar-refractivity contribution in [2.24, 2.45) is 0 Å². The molecule has 1 aliphatic heterocycles. The molecule has 0 saturated carbocycles. The van der Waals surface area contributed by atoms with Crippen molar-refractivity contribution in [3.8, 4) is 5.75 Å². The third kappa shape index (κ3) is 4.78. The maximum Gasteiger partial charge on any atom is 0.123 e. The first-order chi connectivity index (χ1) is 11.3. The predicted octanol–water partition coefficient (Wildman–Crippen LogP) is 2.70. The van der Waals surface area contributed by atoms with Crippen molar-refractivity contribution in [1.82, 2.24) is 10.2 Å². The average Bonchev–Trinajstić information content (AvgIpc) is 2.59. The van der Waals surface area contributed by atoms with Crippen molar-refractivity contribution < 1.29 is 9.13 Å². The molecular formula is C19H23FN2O. The van der Waals surface area contributed by atoms with Crippen molar-refractivity contribution in [1.29, 1.82) is 0 Å². The Bertz CT molecular complexity index is 612. The van der Waals surface area contributed by atoms with Crippen LogP contribution in [0.2, 0.25) is 0 Å². The van der Waals surface area contributed by atoms with Gasteiger partial charge in [-0.2, -0.15) is 0 Å². The summed E-state index contributed by atoms with van der Waals surface area (Å²) >= 11 is 0. The van der Waals surface area contributed by atoms with E-state index in [0.29, 0.717) is 13.0 Å². The van der Waals surface area contributed by atoms with E-state index in [2.05, 4.69) is 22.3 Å². The molecule has 3 rings (SSSR count). The molecule has 0 atom stereocenters. The number of nitrogens with one attached hydrogen (secondary N) is 1. The van der Waals surface area contributed by atoms with E-state index in [1.54, 1.807) is 12.1 Å². The van der Waals surface area contributed by atoms with Gasteiger partial charge >= 0.3 is 0 Å². The Morgan fingerprint density at radius 1 is 1.04 bits per heavy atom. The van der Waals surface area contributed by atoms with E-state index >= 15 is 0 Å². The standard InChI is InChI=1S/C19H23FN2O/c20-18-6-7-19(23-13-12-22-10-8-21-9-11-22)17(15-18)14-16-4-2-1-3-5-16/h1-7,15,21H,8-14H2. The molecule has 4 heteroatoms. The molecule has 0 bridgehead atoms. The summed E-state index contributed by atoms with van der Waals surface area (Å²) in [6.07, 6.45) is 0.682. The van der Waals surface area contributed by atoms with Crippen LogP contribution in [0.1, 0.15) is 11.1 Å². The minimum absolute atomic E-state index is 0.217. The van der Waals surface area contributed by atoms with Gasteiger partial charge < -0.3 is 10.1 Å². The maximum absolute atomic E-state index is 13.6. The quantitative estimate of drug-likeness (QED) is 0.887. The second-order valence-electron chi connectivity index (χ2n) is 5.85. The lowest BCUT2D eigenvalue weighted by Gasteiger charge is -2.27. The molecule has 0 unspecified atom stereocenters. The van der Waals surface area contributed by atoms with Gasteiger partial charge in [-0.1, -0.05) is 30.3 Å². The highest BCUT2D eigenvalue weighted by molar-refractivity contribution is 5.38. The average molecular weight is 314 g/mol. The number of ether oxygens (including phenoxy) is 1. The summed E-state index contributed by atoms with van der Waals surface area (Å²) in [4.78, 5) is 2.39. The van der Waals surface area contributed by atoms with Crippen LogP contribution in [-0.2, 0) is 6.42 Å². The number of benzene rings is 2. The SMILES string of the molecule is Fc1ccc(OCCN2CCNCC2)c(Cc2ccccc2)c1. The summed E-state index contributed by atoms with van der Waals surface area (Å²) in [6.45, 7) is 5.73. The Morgan fingerprint density at radius 2 is 1.83 bits per heavy atom. The molecule has 122 valence electrons. The normalized spacial score (nSPS) is 15.5. The maximum atomic E-state index is 13.6. The monoisotopic (exact) mass is 314 g/mol. The zero-order valence-corrected chi connectivity index (χ0v) is 13.3. The third-order valence-electron chi connectivity index (χ3n) is 4.13. The zero-order chi connectivity index (χ0) is 15.9. The lowest BCUT2D eigenvalue weighted by molar-refractivity contribution is 0.190. The Balaban J connectivity index is 1.61. The molecule has 1 N–H and O–H groups in total. The van der Waals surface area contributed by atoms with E-state index in [-0.39, 0.29) is 5.82 Å². The first-order valence-corrected chi connectivity index (χ1v) is 8.19. The van der Waals surface area contributed by atoms with Crippen LogP contribution >= 0.6 is 0 Å². The van der Waals surface area contributed by atoms with Gasteiger partial charge in [-0.3, -0.25) is 4.90 Å². The van der Waals surface area contributed by atoms with E-state index in [4.69, 9.17) is 4.74 Å². The van der Waals surface area contributed by atoms with E-state index in [0.717, 1.165) is 49.6 Å². The molecule has 3 nitrogen and oxygen atoms in total. The summed E-state index contributed by atoms with van der Waals surface area (Å²) in [5.74, 6) is 0.566. The highest BCUT2D eigenvalue weighted by Crippen LogP contribution is 2.23. The van der Waals surface area contributed by atoms with Crippen LogP contribution in [-0.4, -0.2) is 44.2 Å². The molecule has 1 fully saturated rings. The van der Waals surface area contributed by atoms with E-state index < -0.39 is 0 Å². The Hall–Kier alpha value is -1.91. The molecule has 23 heavy (non-hydrogen) atoms. The molecule has 0 aliphatic carbocycles. The van der Waals surface area contributed by atoms with Gasteiger partial charge in [0.1, 0.15) is 18.2 Å². The number of halogens is 1. The van der Waals surface area contributed by atoms with Gasteiger partial charge in [0, 0.05) is 44.7 Å². The van der Waals surface area contributed by atoms with Crippen LogP contribution in [0.4, 0.5) is 4.39 Å². The molecule has 0 amide bonds. The van der Waals surface area contributed by atoms with Crippen molar-refractivity contribution in [3.63, 3.8) is 0 Å². The largest absolute Gasteiger partial charge is 0.492 e. The van der Waals surface area contributed by atoms with Gasteiger partial charge in [-0.05, 0) is 23.8 Å². The minimum atomic E-state index is -0.217. The molecule has 0 aromatic heterocycles. The summed E-state index contributed by atoms with van der Waals surface area (Å²) < 4.78 is 19.5. The summed E-state index contributed by atoms with van der Waals surface area (Å²) in [5, 5.41) is 3.34. The van der Waals surface area contributed by atoms with Crippen LogP contribution in [0.25, 0.3) is 0 Å². The number of hydrogen-bond donors (Lipinski definition) is 1. The minimum Gasteiger partial charge on any atom is -0.492 e. The van der Waals surface area contributed by atoms with Crippen LogP contribution in [0, 0.1) is 5.82 Å². The van der Waals surface area contributed by atoms with Gasteiger partial charge in [-0.15, -0.1) is 0 Å². The van der Waals surface area contributed by atoms with Crippen LogP contribution in [0.5, 0.6) is 5.75 Å². The highest BCUT2D eigenvalue weighted by atomic mass is 19.1. The third-order valence-corrected chi connectivity index (χ3v) is 4.13. The van der Waals surface area contributed by atoms with Gasteiger partial charge in [0.25, 0.3) is 0 Å². The molecule has 1 saturated heterocycles. The summed E-state index contributed by atoms with van der Waals surface area (Å²) in [7, 11) is 0. The summed E-state index contributed by atoms with van der Waals surface area (Å²) in [5.41, 5.74) is 2.06. The smallest absolute Gasteiger partial charge is 0.123 e. The first kappa shape index (κ1) is 16.0. The fraction of sp³-hybridized carbons (Fsp3) is 0.368. The van der Waals surface area contributed by atoms with Crippen molar-refractivity contribution >= 4 is 0 Å². The lowest BCUT2D eigenvalue weighted by Crippen LogP contribution is -2.44. The van der Waals surface area contributed by atoms with E-state index in [9.17, 15) is 4.39 Å². The lowest BCUT2D eigenvalue weighted by atomic mass is 10.0. The topological polar surface area (TPSA) is 24.5 Å². The van der Waals surface area contributed by atoms with Crippen LogP contribution < -0.4 is 10.1 Å². The van der Waals surface area contributed by atoms with E-state index in [1.807, 2.05) is 18.2 Å². The Kier molecular flexibility index (Phi) is 5.61. The first-order valence-electron chi connectivity index (χ1n) is 8.19. The number of piperazine rings is 1. The van der Waals surface area contributed by atoms with Gasteiger partial charge in [0.2, 0.25) is 0 Å². The fourth-order valence-electron chi connectivity index (χ4n) is 2.86. The number of hydrogen-bond acceptors (Lipinski definition) is 3. The van der Waals surface area contributed by atoms with E-state index in [1.165, 1.54) is 6.07 Å². The molecule has 2 aromatic rings. The Labute approximate surface area is 137 Å². The fourth-order valence-corrected chi connectivity index (χ4v) is 2.86. The summed E-state index contributed by atoms with van der Waals surface area (Å²) in [6, 6.07) is 14.9. The number of nitrogens with zero attached hydrogens (tertiary/aromatic N) is 1. The van der Waals surface area contributed by atoms with Gasteiger partial charge in [0.05, 0.1) is 0 Å². The van der Waals surface area contributed by atoms with Crippen molar-refractivity contribution in [3.05, 3.63) is 65.5 Å².